The normalized spacial score (nSPS) is 14.1. The van der Waals surface area contributed by atoms with Crippen molar-refractivity contribution in [2.75, 3.05) is 0 Å². The Morgan fingerprint density at radius 3 is 3.10 bits per heavy atom. The zero-order chi connectivity index (χ0) is 13.5. The first-order chi connectivity index (χ1) is 9.83. The number of hydrogen-bond acceptors (Lipinski definition) is 6. The van der Waals surface area contributed by atoms with E-state index in [1.54, 1.807) is 18.1 Å². The standard InChI is InChI=1S/C14H13N3OS2/c1-8-10(17-7-18-8)5-19-13-12-9-3-2-4-11(9)20-14(12)16-6-15-13/h6-7H,2-5H2,1H3. The van der Waals surface area contributed by atoms with Crippen molar-refractivity contribution >= 4 is 33.3 Å². The van der Waals surface area contributed by atoms with E-state index in [1.165, 1.54) is 41.5 Å². The van der Waals surface area contributed by atoms with Crippen LogP contribution in [0.5, 0.6) is 0 Å². The van der Waals surface area contributed by atoms with E-state index in [0.29, 0.717) is 0 Å². The van der Waals surface area contributed by atoms with Gasteiger partial charge in [0.2, 0.25) is 0 Å². The number of aryl methyl sites for hydroxylation is 3. The van der Waals surface area contributed by atoms with Gasteiger partial charge in [0.15, 0.2) is 6.39 Å². The third kappa shape index (κ3) is 1.94. The summed E-state index contributed by atoms with van der Waals surface area (Å²) in [5, 5.41) is 2.35. The zero-order valence-corrected chi connectivity index (χ0v) is 12.7. The predicted molar refractivity (Wildman–Crippen MR) is 80.2 cm³/mol. The molecule has 0 radical (unpaired) electrons. The fourth-order valence-corrected chi connectivity index (χ4v) is 4.94. The lowest BCUT2D eigenvalue weighted by atomic mass is 10.2. The van der Waals surface area contributed by atoms with Crippen LogP contribution in [0.25, 0.3) is 10.2 Å². The van der Waals surface area contributed by atoms with Crippen molar-refractivity contribution in [3.63, 3.8) is 0 Å². The molecule has 0 unspecified atom stereocenters. The Balaban J connectivity index is 1.71. The summed E-state index contributed by atoms with van der Waals surface area (Å²) in [4.78, 5) is 15.8. The van der Waals surface area contributed by atoms with E-state index in [-0.39, 0.29) is 0 Å². The lowest BCUT2D eigenvalue weighted by molar-refractivity contribution is 0.525. The van der Waals surface area contributed by atoms with Gasteiger partial charge in [-0.05, 0) is 31.7 Å². The molecule has 0 amide bonds. The molecule has 0 fully saturated rings. The highest BCUT2D eigenvalue weighted by atomic mass is 32.2. The van der Waals surface area contributed by atoms with E-state index in [9.17, 15) is 0 Å². The smallest absolute Gasteiger partial charge is 0.181 e. The van der Waals surface area contributed by atoms with Crippen LogP contribution in [-0.4, -0.2) is 15.0 Å². The molecule has 4 rings (SSSR count). The van der Waals surface area contributed by atoms with Gasteiger partial charge in [0.25, 0.3) is 0 Å². The molecule has 3 aromatic rings. The fraction of sp³-hybridized carbons (Fsp3) is 0.357. The van der Waals surface area contributed by atoms with Crippen LogP contribution in [0.1, 0.15) is 28.3 Å². The minimum atomic E-state index is 0.791. The maximum atomic E-state index is 5.24. The molecule has 1 aliphatic rings. The Morgan fingerprint density at radius 2 is 2.25 bits per heavy atom. The van der Waals surface area contributed by atoms with Gasteiger partial charge in [-0.2, -0.15) is 0 Å². The summed E-state index contributed by atoms with van der Waals surface area (Å²) in [5.74, 6) is 1.68. The van der Waals surface area contributed by atoms with Crippen molar-refractivity contribution in [3.05, 3.63) is 34.6 Å². The molecule has 0 saturated carbocycles. The summed E-state index contributed by atoms with van der Waals surface area (Å²) < 4.78 is 5.24. The lowest BCUT2D eigenvalue weighted by Crippen LogP contribution is -1.89. The van der Waals surface area contributed by atoms with Crippen LogP contribution in [0.4, 0.5) is 0 Å². The van der Waals surface area contributed by atoms with Crippen molar-refractivity contribution in [3.8, 4) is 0 Å². The van der Waals surface area contributed by atoms with Crippen molar-refractivity contribution in [2.45, 2.75) is 37.0 Å². The number of aromatic nitrogens is 3. The molecule has 0 aromatic carbocycles. The highest BCUT2D eigenvalue weighted by Crippen LogP contribution is 2.40. The number of fused-ring (bicyclic) bond motifs is 3. The minimum Gasteiger partial charge on any atom is -0.448 e. The molecule has 0 atom stereocenters. The average Bonchev–Trinajstić information content (AvgIpc) is 3.11. The molecule has 0 N–H and O–H groups in total. The number of hydrogen-bond donors (Lipinski definition) is 0. The fourth-order valence-electron chi connectivity index (χ4n) is 2.61. The lowest BCUT2D eigenvalue weighted by Gasteiger charge is -2.02. The molecule has 6 heteroatoms. The van der Waals surface area contributed by atoms with Gasteiger partial charge >= 0.3 is 0 Å². The summed E-state index contributed by atoms with van der Waals surface area (Å²) in [6.45, 7) is 1.95. The average molecular weight is 303 g/mol. The second kappa shape index (κ2) is 4.86. The number of thioether (sulfide) groups is 1. The Bertz CT molecular complexity index is 778. The van der Waals surface area contributed by atoms with Gasteiger partial charge in [0.05, 0.1) is 5.69 Å². The van der Waals surface area contributed by atoms with Gasteiger partial charge in [-0.15, -0.1) is 11.3 Å². The Kier molecular flexibility index (Phi) is 3.00. The van der Waals surface area contributed by atoms with Crippen LogP contribution in [0.3, 0.4) is 0 Å². The molecule has 0 aliphatic heterocycles. The number of nitrogens with zero attached hydrogens (tertiary/aromatic N) is 3. The zero-order valence-electron chi connectivity index (χ0n) is 11.0. The van der Waals surface area contributed by atoms with Gasteiger partial charge in [-0.25, -0.2) is 15.0 Å². The van der Waals surface area contributed by atoms with Gasteiger partial charge < -0.3 is 4.42 Å². The second-order valence-corrected chi connectivity index (χ2v) is 6.91. The van der Waals surface area contributed by atoms with Crippen LogP contribution in [-0.2, 0) is 18.6 Å². The van der Waals surface area contributed by atoms with E-state index in [4.69, 9.17) is 4.42 Å². The van der Waals surface area contributed by atoms with Crippen LogP contribution in [0.15, 0.2) is 22.2 Å². The molecule has 20 heavy (non-hydrogen) atoms. The van der Waals surface area contributed by atoms with Crippen LogP contribution in [0.2, 0.25) is 0 Å². The van der Waals surface area contributed by atoms with E-state index in [2.05, 4.69) is 15.0 Å². The quantitative estimate of drug-likeness (QED) is 0.544. The molecular formula is C14H13N3OS2. The maximum absolute atomic E-state index is 5.24. The third-order valence-electron chi connectivity index (χ3n) is 3.66. The largest absolute Gasteiger partial charge is 0.448 e. The van der Waals surface area contributed by atoms with Crippen LogP contribution in [0, 0.1) is 6.92 Å². The van der Waals surface area contributed by atoms with Crippen molar-refractivity contribution in [2.24, 2.45) is 0 Å². The highest BCUT2D eigenvalue weighted by molar-refractivity contribution is 7.98. The van der Waals surface area contributed by atoms with Gasteiger partial charge in [-0.1, -0.05) is 11.8 Å². The van der Waals surface area contributed by atoms with Crippen molar-refractivity contribution in [1.29, 1.82) is 0 Å². The molecule has 0 bridgehead atoms. The Hall–Kier alpha value is -1.40. The van der Waals surface area contributed by atoms with Gasteiger partial charge in [0.1, 0.15) is 21.9 Å². The topological polar surface area (TPSA) is 51.8 Å². The highest BCUT2D eigenvalue weighted by Gasteiger charge is 2.21. The Labute approximate surface area is 124 Å². The number of thiophene rings is 1. The maximum Gasteiger partial charge on any atom is 0.181 e. The van der Waals surface area contributed by atoms with Gasteiger partial charge in [0, 0.05) is 16.0 Å². The Morgan fingerprint density at radius 1 is 1.30 bits per heavy atom. The summed E-state index contributed by atoms with van der Waals surface area (Å²) in [7, 11) is 0. The number of rotatable bonds is 3. The molecule has 3 aromatic heterocycles. The number of oxazole rings is 1. The van der Waals surface area contributed by atoms with Crippen molar-refractivity contribution < 1.29 is 4.42 Å². The van der Waals surface area contributed by atoms with E-state index in [0.717, 1.165) is 27.1 Å². The summed E-state index contributed by atoms with van der Waals surface area (Å²) in [6.07, 6.45) is 6.80. The van der Waals surface area contributed by atoms with Gasteiger partial charge in [-0.3, -0.25) is 0 Å². The SMILES string of the molecule is Cc1ocnc1CSc1ncnc2sc3c(c12)CCC3. The molecule has 1 aliphatic carbocycles. The summed E-state index contributed by atoms with van der Waals surface area (Å²) in [5.41, 5.74) is 2.47. The molecule has 0 saturated heterocycles. The van der Waals surface area contributed by atoms with E-state index in [1.807, 2.05) is 18.3 Å². The van der Waals surface area contributed by atoms with Crippen LogP contribution >= 0.6 is 23.1 Å². The first-order valence-electron chi connectivity index (χ1n) is 6.60. The molecule has 102 valence electrons. The minimum absolute atomic E-state index is 0.791. The van der Waals surface area contributed by atoms with Crippen LogP contribution < -0.4 is 0 Å². The molecular weight excluding hydrogens is 290 g/mol. The molecule has 3 heterocycles. The first kappa shape index (κ1) is 12.3. The monoisotopic (exact) mass is 303 g/mol. The third-order valence-corrected chi connectivity index (χ3v) is 5.86. The summed E-state index contributed by atoms with van der Waals surface area (Å²) >= 11 is 3.55. The van der Waals surface area contributed by atoms with E-state index >= 15 is 0 Å². The van der Waals surface area contributed by atoms with Crippen molar-refractivity contribution in [1.82, 2.24) is 15.0 Å². The van der Waals surface area contributed by atoms with E-state index < -0.39 is 0 Å². The predicted octanol–water partition coefficient (Wildman–Crippen LogP) is 3.77. The molecule has 0 spiro atoms. The second-order valence-electron chi connectivity index (χ2n) is 4.86. The first-order valence-corrected chi connectivity index (χ1v) is 8.40. The molecule has 4 nitrogen and oxygen atoms in total. The summed E-state index contributed by atoms with van der Waals surface area (Å²) in [6, 6.07) is 0.